The van der Waals surface area contributed by atoms with Crippen molar-refractivity contribution in [1.29, 1.82) is 0 Å². The summed E-state index contributed by atoms with van der Waals surface area (Å²) in [5.74, 6) is -0.383. The Kier molecular flexibility index (Phi) is 6.46. The second kappa shape index (κ2) is 6.87. The van der Waals surface area contributed by atoms with Crippen molar-refractivity contribution in [3.05, 3.63) is 35.6 Å². The number of hydrogen-bond donors (Lipinski definition) is 1. The van der Waals surface area contributed by atoms with Crippen molar-refractivity contribution in [3.8, 4) is 0 Å². The van der Waals surface area contributed by atoms with Gasteiger partial charge in [-0.15, -0.1) is 12.4 Å². The van der Waals surface area contributed by atoms with Gasteiger partial charge in [0.05, 0.1) is 6.04 Å². The fourth-order valence-electron chi connectivity index (χ4n) is 1.55. The van der Waals surface area contributed by atoms with E-state index in [1.807, 2.05) is 20.8 Å². The molecular formula is C14H22ClFN2O. The summed E-state index contributed by atoms with van der Waals surface area (Å²) >= 11 is 0. The average Bonchev–Trinajstić information content (AvgIpc) is 2.29. The molecule has 0 spiro atoms. The van der Waals surface area contributed by atoms with E-state index in [-0.39, 0.29) is 29.5 Å². The molecule has 2 N–H and O–H groups in total. The summed E-state index contributed by atoms with van der Waals surface area (Å²) in [6.45, 7) is 6.23. The van der Waals surface area contributed by atoms with Crippen LogP contribution >= 0.6 is 12.4 Å². The number of rotatable bonds is 3. The topological polar surface area (TPSA) is 46.3 Å². The van der Waals surface area contributed by atoms with Crippen molar-refractivity contribution < 1.29 is 9.18 Å². The van der Waals surface area contributed by atoms with Crippen LogP contribution in [0.25, 0.3) is 0 Å². The first-order valence-corrected chi connectivity index (χ1v) is 5.97. The third-order valence-corrected chi connectivity index (χ3v) is 2.91. The number of benzene rings is 1. The SMILES string of the molecule is CN(Cc1ccc(F)cc1)C(=O)[C@@H](N)C(C)(C)C.Cl. The zero-order valence-electron chi connectivity index (χ0n) is 11.8. The van der Waals surface area contributed by atoms with Crippen LogP contribution < -0.4 is 5.73 Å². The van der Waals surface area contributed by atoms with Crippen LogP contribution in [0, 0.1) is 11.2 Å². The Morgan fingerprint density at radius 1 is 1.32 bits per heavy atom. The molecule has 0 unspecified atom stereocenters. The molecule has 0 aliphatic heterocycles. The molecule has 0 saturated carbocycles. The highest BCUT2D eigenvalue weighted by atomic mass is 35.5. The number of hydrogen-bond acceptors (Lipinski definition) is 2. The molecule has 1 rings (SSSR count). The molecule has 0 heterocycles. The van der Waals surface area contributed by atoms with Crippen molar-refractivity contribution in [2.45, 2.75) is 33.4 Å². The van der Waals surface area contributed by atoms with Gasteiger partial charge >= 0.3 is 0 Å². The number of nitrogens with two attached hydrogens (primary N) is 1. The van der Waals surface area contributed by atoms with Gasteiger partial charge < -0.3 is 10.6 Å². The number of carbonyl (C=O) groups excluding carboxylic acids is 1. The number of halogens is 2. The van der Waals surface area contributed by atoms with Gasteiger partial charge in [0.1, 0.15) is 5.82 Å². The zero-order valence-corrected chi connectivity index (χ0v) is 12.6. The van der Waals surface area contributed by atoms with Crippen molar-refractivity contribution in [1.82, 2.24) is 4.90 Å². The molecule has 0 fully saturated rings. The van der Waals surface area contributed by atoms with Crippen molar-refractivity contribution in [2.75, 3.05) is 7.05 Å². The Hall–Kier alpha value is -1.13. The van der Waals surface area contributed by atoms with Gasteiger partial charge in [0, 0.05) is 13.6 Å². The van der Waals surface area contributed by atoms with E-state index in [9.17, 15) is 9.18 Å². The van der Waals surface area contributed by atoms with E-state index in [4.69, 9.17) is 5.73 Å². The minimum absolute atomic E-state index is 0. The van der Waals surface area contributed by atoms with E-state index in [0.29, 0.717) is 6.54 Å². The van der Waals surface area contributed by atoms with E-state index in [1.165, 1.54) is 12.1 Å². The lowest BCUT2D eigenvalue weighted by Crippen LogP contribution is -2.48. The van der Waals surface area contributed by atoms with Crippen molar-refractivity contribution >= 4 is 18.3 Å². The lowest BCUT2D eigenvalue weighted by atomic mass is 9.86. The van der Waals surface area contributed by atoms with E-state index >= 15 is 0 Å². The van der Waals surface area contributed by atoms with Gasteiger partial charge in [-0.25, -0.2) is 4.39 Å². The largest absolute Gasteiger partial charge is 0.340 e. The first-order valence-electron chi connectivity index (χ1n) is 5.97. The highest BCUT2D eigenvalue weighted by molar-refractivity contribution is 5.85. The van der Waals surface area contributed by atoms with Gasteiger partial charge in [0.2, 0.25) is 5.91 Å². The highest BCUT2D eigenvalue weighted by Crippen LogP contribution is 2.19. The summed E-state index contributed by atoms with van der Waals surface area (Å²) in [7, 11) is 1.71. The molecule has 5 heteroatoms. The van der Waals surface area contributed by atoms with Crippen LogP contribution in [-0.4, -0.2) is 23.9 Å². The molecule has 3 nitrogen and oxygen atoms in total. The molecule has 1 amide bonds. The molecule has 19 heavy (non-hydrogen) atoms. The Labute approximate surface area is 120 Å². The van der Waals surface area contributed by atoms with Crippen molar-refractivity contribution in [3.63, 3.8) is 0 Å². The normalized spacial score (nSPS) is 12.5. The molecule has 1 atom stereocenters. The predicted molar refractivity (Wildman–Crippen MR) is 77.6 cm³/mol. The molecule has 108 valence electrons. The lowest BCUT2D eigenvalue weighted by molar-refractivity contribution is -0.134. The average molecular weight is 289 g/mol. The van der Waals surface area contributed by atoms with Gasteiger partial charge in [-0.2, -0.15) is 0 Å². The Bertz CT molecular complexity index is 414. The van der Waals surface area contributed by atoms with Crippen LogP contribution in [0.15, 0.2) is 24.3 Å². The third kappa shape index (κ3) is 5.17. The van der Waals surface area contributed by atoms with Gasteiger partial charge in [0.25, 0.3) is 0 Å². The minimum atomic E-state index is -0.539. The zero-order chi connectivity index (χ0) is 13.9. The molecule has 0 bridgehead atoms. The maximum absolute atomic E-state index is 12.8. The predicted octanol–water partition coefficient (Wildman–Crippen LogP) is 2.58. The van der Waals surface area contributed by atoms with Crippen LogP contribution in [0.1, 0.15) is 26.3 Å². The molecule has 0 aliphatic rings. The van der Waals surface area contributed by atoms with Crippen molar-refractivity contribution in [2.24, 2.45) is 11.1 Å². The van der Waals surface area contributed by atoms with Crippen LogP contribution in [0.2, 0.25) is 0 Å². The summed E-state index contributed by atoms with van der Waals surface area (Å²) < 4.78 is 12.8. The van der Waals surface area contributed by atoms with Gasteiger partial charge in [-0.3, -0.25) is 4.79 Å². The second-order valence-corrected chi connectivity index (χ2v) is 5.66. The quantitative estimate of drug-likeness (QED) is 0.929. The number of carbonyl (C=O) groups is 1. The molecule has 1 aromatic rings. The highest BCUT2D eigenvalue weighted by Gasteiger charge is 2.29. The van der Waals surface area contributed by atoms with Crippen LogP contribution in [0.4, 0.5) is 4.39 Å². The smallest absolute Gasteiger partial charge is 0.240 e. The number of amides is 1. The van der Waals surface area contributed by atoms with Crippen LogP contribution in [0.3, 0.4) is 0 Å². The molecule has 0 radical (unpaired) electrons. The Morgan fingerprint density at radius 3 is 2.21 bits per heavy atom. The summed E-state index contributed by atoms with van der Waals surface area (Å²) in [6.07, 6.45) is 0. The van der Waals surface area contributed by atoms with Gasteiger partial charge in [-0.05, 0) is 23.1 Å². The van der Waals surface area contributed by atoms with Gasteiger partial charge in [-0.1, -0.05) is 32.9 Å². The summed E-state index contributed by atoms with van der Waals surface area (Å²) in [5.41, 5.74) is 6.53. The first kappa shape index (κ1) is 17.9. The van der Waals surface area contributed by atoms with E-state index < -0.39 is 6.04 Å². The molecule has 0 saturated heterocycles. The molecule has 0 aromatic heterocycles. The second-order valence-electron chi connectivity index (χ2n) is 5.66. The van der Waals surface area contributed by atoms with E-state index in [2.05, 4.69) is 0 Å². The molecule has 1 aromatic carbocycles. The van der Waals surface area contributed by atoms with Crippen LogP contribution in [-0.2, 0) is 11.3 Å². The summed E-state index contributed by atoms with van der Waals surface area (Å²) in [6, 6.07) is 5.57. The Balaban J connectivity index is 0.00000324. The summed E-state index contributed by atoms with van der Waals surface area (Å²) in [4.78, 5) is 13.7. The van der Waals surface area contributed by atoms with E-state index in [1.54, 1.807) is 24.1 Å². The van der Waals surface area contributed by atoms with E-state index in [0.717, 1.165) is 5.56 Å². The Morgan fingerprint density at radius 2 is 1.79 bits per heavy atom. The minimum Gasteiger partial charge on any atom is -0.340 e. The lowest BCUT2D eigenvalue weighted by Gasteiger charge is -2.30. The first-order chi connectivity index (χ1) is 8.21. The fourth-order valence-corrected chi connectivity index (χ4v) is 1.55. The maximum Gasteiger partial charge on any atom is 0.240 e. The van der Waals surface area contributed by atoms with Gasteiger partial charge in [0.15, 0.2) is 0 Å². The fraction of sp³-hybridized carbons (Fsp3) is 0.500. The monoisotopic (exact) mass is 288 g/mol. The standard InChI is InChI=1S/C14H21FN2O.ClH/c1-14(2,3)12(16)13(18)17(4)9-10-5-7-11(15)8-6-10;/h5-8,12H,9,16H2,1-4H3;1H/t12-;/m1./s1. The molecular weight excluding hydrogens is 267 g/mol. The van der Waals surface area contributed by atoms with Crippen LogP contribution in [0.5, 0.6) is 0 Å². The number of nitrogens with zero attached hydrogens (tertiary/aromatic N) is 1. The number of likely N-dealkylation sites (N-methyl/N-ethyl adjacent to an activating group) is 1. The summed E-state index contributed by atoms with van der Waals surface area (Å²) in [5, 5.41) is 0. The molecule has 0 aliphatic carbocycles. The maximum atomic E-state index is 12.8. The third-order valence-electron chi connectivity index (χ3n) is 2.91.